The number of methoxy groups -OCH3 is 1. The molecule has 1 aliphatic heterocycles. The molecule has 0 aromatic heterocycles. The summed E-state index contributed by atoms with van der Waals surface area (Å²) in [5.74, 6) is -0.394. The van der Waals surface area contributed by atoms with Gasteiger partial charge in [0, 0.05) is 24.0 Å². The monoisotopic (exact) mass is 291 g/mol. The minimum atomic E-state index is -0.394. The number of benzene rings is 1. The van der Waals surface area contributed by atoms with Crippen LogP contribution in [-0.2, 0) is 4.74 Å². The standard InChI is InChI=1S/C16H25N3O2/c1-11-8-12(9-14(15(11)17)16(20)21-3)18-10-13-6-4-5-7-19(13)2/h8-9,13,18H,4-7,10,17H2,1-3H3. The maximum atomic E-state index is 11.8. The number of likely N-dealkylation sites (N-methyl/N-ethyl adjacent to an activating group) is 1. The molecule has 116 valence electrons. The summed E-state index contributed by atoms with van der Waals surface area (Å²) < 4.78 is 4.78. The minimum absolute atomic E-state index is 0.394. The van der Waals surface area contributed by atoms with Gasteiger partial charge in [-0.1, -0.05) is 6.42 Å². The van der Waals surface area contributed by atoms with Crippen LogP contribution in [0.25, 0.3) is 0 Å². The highest BCUT2D eigenvalue weighted by Gasteiger charge is 2.19. The number of nitrogens with zero attached hydrogens (tertiary/aromatic N) is 1. The van der Waals surface area contributed by atoms with Gasteiger partial charge < -0.3 is 20.7 Å². The molecule has 0 aliphatic carbocycles. The molecule has 0 saturated carbocycles. The first-order valence-corrected chi connectivity index (χ1v) is 7.45. The molecular weight excluding hydrogens is 266 g/mol. The zero-order chi connectivity index (χ0) is 15.4. The topological polar surface area (TPSA) is 67.6 Å². The molecule has 1 aromatic rings. The normalized spacial score (nSPS) is 19.3. The number of hydrogen-bond acceptors (Lipinski definition) is 5. The number of nitrogen functional groups attached to an aromatic ring is 1. The van der Waals surface area contributed by atoms with Crippen molar-refractivity contribution in [3.05, 3.63) is 23.3 Å². The van der Waals surface area contributed by atoms with E-state index in [4.69, 9.17) is 10.5 Å². The molecule has 5 nitrogen and oxygen atoms in total. The van der Waals surface area contributed by atoms with Crippen LogP contribution >= 0.6 is 0 Å². The fourth-order valence-electron chi connectivity index (χ4n) is 2.82. The summed E-state index contributed by atoms with van der Waals surface area (Å²) >= 11 is 0. The number of likely N-dealkylation sites (tertiary alicyclic amines) is 1. The number of aryl methyl sites for hydroxylation is 1. The lowest BCUT2D eigenvalue weighted by atomic mass is 10.0. The lowest BCUT2D eigenvalue weighted by Gasteiger charge is -2.32. The van der Waals surface area contributed by atoms with E-state index < -0.39 is 5.97 Å². The summed E-state index contributed by atoms with van der Waals surface area (Å²) in [7, 11) is 3.54. The molecule has 0 bridgehead atoms. The van der Waals surface area contributed by atoms with Gasteiger partial charge in [0.2, 0.25) is 0 Å². The second-order valence-electron chi connectivity index (χ2n) is 5.76. The van der Waals surface area contributed by atoms with E-state index in [1.807, 2.05) is 13.0 Å². The summed E-state index contributed by atoms with van der Waals surface area (Å²) in [6, 6.07) is 4.29. The third kappa shape index (κ3) is 3.67. The van der Waals surface area contributed by atoms with Crippen molar-refractivity contribution >= 4 is 17.3 Å². The fraction of sp³-hybridized carbons (Fsp3) is 0.562. The van der Waals surface area contributed by atoms with Gasteiger partial charge in [-0.2, -0.15) is 0 Å². The maximum Gasteiger partial charge on any atom is 0.340 e. The number of piperidine rings is 1. The van der Waals surface area contributed by atoms with Crippen molar-refractivity contribution in [2.24, 2.45) is 0 Å². The van der Waals surface area contributed by atoms with Crippen LogP contribution in [0.4, 0.5) is 11.4 Å². The molecule has 1 unspecified atom stereocenters. The molecular formula is C16H25N3O2. The van der Waals surface area contributed by atoms with Crippen molar-refractivity contribution in [2.75, 3.05) is 38.3 Å². The maximum absolute atomic E-state index is 11.8. The molecule has 0 amide bonds. The summed E-state index contributed by atoms with van der Waals surface area (Å²) in [5.41, 5.74) is 8.67. The van der Waals surface area contributed by atoms with E-state index in [2.05, 4.69) is 17.3 Å². The van der Waals surface area contributed by atoms with E-state index in [1.165, 1.54) is 26.4 Å². The van der Waals surface area contributed by atoms with E-state index >= 15 is 0 Å². The molecule has 1 aromatic carbocycles. The van der Waals surface area contributed by atoms with Gasteiger partial charge in [0.1, 0.15) is 0 Å². The third-order valence-corrected chi connectivity index (χ3v) is 4.26. The number of carbonyl (C=O) groups excluding carboxylic acids is 1. The lowest BCUT2D eigenvalue weighted by Crippen LogP contribution is -2.40. The Bertz CT molecular complexity index is 516. The van der Waals surface area contributed by atoms with Gasteiger partial charge in [0.05, 0.1) is 12.7 Å². The Hall–Kier alpha value is -1.75. The number of carbonyl (C=O) groups is 1. The summed E-state index contributed by atoms with van der Waals surface area (Å²) in [6.45, 7) is 3.93. The molecule has 1 aliphatic rings. The van der Waals surface area contributed by atoms with Crippen LogP contribution in [0.1, 0.15) is 35.2 Å². The van der Waals surface area contributed by atoms with Gasteiger partial charge in [-0.3, -0.25) is 0 Å². The number of rotatable bonds is 4. The Morgan fingerprint density at radius 1 is 1.48 bits per heavy atom. The van der Waals surface area contributed by atoms with Crippen LogP contribution in [0.15, 0.2) is 12.1 Å². The predicted molar refractivity (Wildman–Crippen MR) is 85.7 cm³/mol. The van der Waals surface area contributed by atoms with Crippen molar-refractivity contribution in [3.8, 4) is 0 Å². The number of nitrogens with two attached hydrogens (primary N) is 1. The number of nitrogens with one attached hydrogen (secondary N) is 1. The molecule has 0 radical (unpaired) electrons. The van der Waals surface area contributed by atoms with E-state index in [0.717, 1.165) is 24.3 Å². The number of ether oxygens (including phenoxy) is 1. The lowest BCUT2D eigenvalue weighted by molar-refractivity contribution is 0.0602. The largest absolute Gasteiger partial charge is 0.465 e. The minimum Gasteiger partial charge on any atom is -0.465 e. The van der Waals surface area contributed by atoms with Crippen LogP contribution in [0.2, 0.25) is 0 Å². The number of esters is 1. The SMILES string of the molecule is COC(=O)c1cc(NCC2CCCCN2C)cc(C)c1N. The second kappa shape index (κ2) is 6.80. The van der Waals surface area contributed by atoms with Gasteiger partial charge in [-0.05, 0) is 51.1 Å². The first-order chi connectivity index (χ1) is 10.0. The highest BCUT2D eigenvalue weighted by Crippen LogP contribution is 2.24. The molecule has 0 spiro atoms. The van der Waals surface area contributed by atoms with Crippen LogP contribution in [0.3, 0.4) is 0 Å². The zero-order valence-corrected chi connectivity index (χ0v) is 13.1. The summed E-state index contributed by atoms with van der Waals surface area (Å²) in [5, 5.41) is 3.43. The highest BCUT2D eigenvalue weighted by atomic mass is 16.5. The van der Waals surface area contributed by atoms with Gasteiger partial charge in [-0.25, -0.2) is 4.79 Å². The molecule has 3 N–H and O–H groups in total. The van der Waals surface area contributed by atoms with E-state index in [-0.39, 0.29) is 0 Å². The van der Waals surface area contributed by atoms with Crippen molar-refractivity contribution in [2.45, 2.75) is 32.2 Å². The Balaban J connectivity index is 2.09. The number of hydrogen-bond donors (Lipinski definition) is 2. The van der Waals surface area contributed by atoms with Crippen molar-refractivity contribution in [1.29, 1.82) is 0 Å². The first-order valence-electron chi connectivity index (χ1n) is 7.45. The van der Waals surface area contributed by atoms with E-state index in [0.29, 0.717) is 17.3 Å². The third-order valence-electron chi connectivity index (χ3n) is 4.26. The van der Waals surface area contributed by atoms with Crippen molar-refractivity contribution in [1.82, 2.24) is 4.90 Å². The van der Waals surface area contributed by atoms with Gasteiger partial charge in [-0.15, -0.1) is 0 Å². The molecule has 1 fully saturated rings. The van der Waals surface area contributed by atoms with Crippen LogP contribution in [-0.4, -0.2) is 44.2 Å². The second-order valence-corrected chi connectivity index (χ2v) is 5.76. The molecule has 1 heterocycles. The average molecular weight is 291 g/mol. The first kappa shape index (κ1) is 15.6. The zero-order valence-electron chi connectivity index (χ0n) is 13.1. The molecule has 1 atom stereocenters. The Labute approximate surface area is 126 Å². The predicted octanol–water partition coefficient (Wildman–Crippen LogP) is 2.26. The number of anilines is 2. The Kier molecular flexibility index (Phi) is 5.07. The van der Waals surface area contributed by atoms with Crippen molar-refractivity contribution < 1.29 is 9.53 Å². The molecule has 1 saturated heterocycles. The van der Waals surface area contributed by atoms with Crippen LogP contribution in [0.5, 0.6) is 0 Å². The van der Waals surface area contributed by atoms with Gasteiger partial charge >= 0.3 is 5.97 Å². The highest BCUT2D eigenvalue weighted by molar-refractivity contribution is 5.97. The summed E-state index contributed by atoms with van der Waals surface area (Å²) in [4.78, 5) is 14.1. The van der Waals surface area contributed by atoms with Crippen LogP contribution in [0, 0.1) is 6.92 Å². The fourth-order valence-corrected chi connectivity index (χ4v) is 2.82. The van der Waals surface area contributed by atoms with Gasteiger partial charge in [0.25, 0.3) is 0 Å². The van der Waals surface area contributed by atoms with Crippen molar-refractivity contribution in [3.63, 3.8) is 0 Å². The van der Waals surface area contributed by atoms with E-state index in [1.54, 1.807) is 6.07 Å². The van der Waals surface area contributed by atoms with Crippen LogP contribution < -0.4 is 11.1 Å². The van der Waals surface area contributed by atoms with Gasteiger partial charge in [0.15, 0.2) is 0 Å². The van der Waals surface area contributed by atoms with E-state index in [9.17, 15) is 4.79 Å². The summed E-state index contributed by atoms with van der Waals surface area (Å²) in [6.07, 6.45) is 3.77. The Morgan fingerprint density at radius 2 is 2.24 bits per heavy atom. The molecule has 2 rings (SSSR count). The smallest absolute Gasteiger partial charge is 0.340 e. The molecule has 21 heavy (non-hydrogen) atoms. The molecule has 5 heteroatoms. The average Bonchev–Trinajstić information content (AvgIpc) is 2.48. The quantitative estimate of drug-likeness (QED) is 0.658. The Morgan fingerprint density at radius 3 is 2.90 bits per heavy atom.